The fourth-order valence-corrected chi connectivity index (χ4v) is 5.26. The van der Waals surface area contributed by atoms with Gasteiger partial charge in [0.1, 0.15) is 12.4 Å². The van der Waals surface area contributed by atoms with E-state index < -0.39 is 0 Å². The molecule has 1 unspecified atom stereocenters. The number of para-hydroxylation sites is 2. The zero-order valence-electron chi connectivity index (χ0n) is 17.1. The summed E-state index contributed by atoms with van der Waals surface area (Å²) in [6, 6.07) is 8.19. The summed E-state index contributed by atoms with van der Waals surface area (Å²) in [5, 5.41) is 9.91. The number of fused-ring (bicyclic) bond motifs is 1. The molecule has 4 rings (SSSR count). The highest BCUT2D eigenvalue weighted by molar-refractivity contribution is 5.81. The number of aliphatic hydroxyl groups excluding tert-OH is 1. The molecule has 1 atom stereocenters. The van der Waals surface area contributed by atoms with Gasteiger partial charge in [-0.15, -0.1) is 0 Å². The Morgan fingerprint density at radius 1 is 1.25 bits per heavy atom. The van der Waals surface area contributed by atoms with Crippen LogP contribution in [0.5, 0.6) is 0 Å². The second-order valence-electron chi connectivity index (χ2n) is 8.85. The molecule has 2 aromatic rings. The molecule has 2 aliphatic rings. The van der Waals surface area contributed by atoms with Gasteiger partial charge in [0.05, 0.1) is 17.6 Å². The lowest BCUT2D eigenvalue weighted by Crippen LogP contribution is -2.36. The van der Waals surface area contributed by atoms with E-state index in [0.717, 1.165) is 42.7 Å². The number of carbonyl (C=O) groups excluding carboxylic acids is 1. The Morgan fingerprint density at radius 2 is 2.04 bits per heavy atom. The highest BCUT2D eigenvalue weighted by atomic mass is 16.3. The van der Waals surface area contributed by atoms with E-state index in [1.807, 2.05) is 17.0 Å². The average molecular weight is 384 g/mol. The number of imidazole rings is 1. The summed E-state index contributed by atoms with van der Waals surface area (Å²) in [4.78, 5) is 20.1. The molecular formula is C23H33N3O2. The maximum Gasteiger partial charge on any atom is 0.242 e. The molecule has 1 aliphatic carbocycles. The topological polar surface area (TPSA) is 58.4 Å². The number of carbonyl (C=O) groups is 1. The van der Waals surface area contributed by atoms with Crippen molar-refractivity contribution in [2.45, 2.75) is 70.8 Å². The van der Waals surface area contributed by atoms with Crippen LogP contribution in [0, 0.1) is 5.41 Å². The zero-order valence-corrected chi connectivity index (χ0v) is 17.1. The number of hydrogen-bond acceptors (Lipinski definition) is 3. The molecule has 1 N–H and O–H groups in total. The number of likely N-dealkylation sites (tertiary alicyclic amines) is 1. The standard InChI is InChI=1S/C23H33N3O2/c1-2-12-23(17-27)13-14-25(16-23)21(28)15-26-20-11-7-6-10-19(20)24-22(26)18-8-4-3-5-9-18/h6-7,10-11,18,27H,2-5,8-9,12-17H2,1H3. The summed E-state index contributed by atoms with van der Waals surface area (Å²) in [5.41, 5.74) is 1.96. The van der Waals surface area contributed by atoms with Crippen molar-refractivity contribution in [3.63, 3.8) is 0 Å². The minimum absolute atomic E-state index is 0.104. The largest absolute Gasteiger partial charge is 0.396 e. The zero-order chi connectivity index (χ0) is 19.6. The van der Waals surface area contributed by atoms with Gasteiger partial charge in [-0.2, -0.15) is 0 Å². The number of benzene rings is 1. The van der Waals surface area contributed by atoms with Gasteiger partial charge >= 0.3 is 0 Å². The predicted molar refractivity (Wildman–Crippen MR) is 111 cm³/mol. The fraction of sp³-hybridized carbons (Fsp3) is 0.652. The van der Waals surface area contributed by atoms with Crippen molar-refractivity contribution >= 4 is 16.9 Å². The third-order valence-corrected chi connectivity index (χ3v) is 6.85. The van der Waals surface area contributed by atoms with Gasteiger partial charge in [0.15, 0.2) is 0 Å². The van der Waals surface area contributed by atoms with Gasteiger partial charge < -0.3 is 14.6 Å². The summed E-state index contributed by atoms with van der Waals surface area (Å²) in [6.07, 6.45) is 9.09. The Hall–Kier alpha value is -1.88. The average Bonchev–Trinajstić information content (AvgIpc) is 3.32. The van der Waals surface area contributed by atoms with E-state index in [9.17, 15) is 9.90 Å². The fourth-order valence-electron chi connectivity index (χ4n) is 5.26. The molecule has 1 saturated carbocycles. The minimum Gasteiger partial charge on any atom is -0.396 e. The molecule has 2 heterocycles. The van der Waals surface area contributed by atoms with Crippen LogP contribution >= 0.6 is 0 Å². The number of aromatic nitrogens is 2. The molecule has 1 aliphatic heterocycles. The van der Waals surface area contributed by atoms with Gasteiger partial charge in [0.25, 0.3) is 0 Å². The Labute approximate surface area is 167 Å². The molecule has 1 aromatic heterocycles. The lowest BCUT2D eigenvalue weighted by molar-refractivity contribution is -0.131. The lowest BCUT2D eigenvalue weighted by atomic mass is 9.83. The SMILES string of the molecule is CCCC1(CO)CCN(C(=O)Cn2c(C3CCCCC3)nc3ccccc32)C1. The van der Waals surface area contributed by atoms with E-state index in [2.05, 4.69) is 23.6 Å². The van der Waals surface area contributed by atoms with Crippen molar-refractivity contribution < 1.29 is 9.90 Å². The normalized spacial score (nSPS) is 23.6. The first-order chi connectivity index (χ1) is 13.7. The molecule has 152 valence electrons. The van der Waals surface area contributed by atoms with Crippen molar-refractivity contribution in [2.75, 3.05) is 19.7 Å². The molecule has 28 heavy (non-hydrogen) atoms. The maximum absolute atomic E-state index is 13.2. The number of nitrogens with zero attached hydrogens (tertiary/aromatic N) is 3. The van der Waals surface area contributed by atoms with Crippen molar-refractivity contribution in [1.82, 2.24) is 14.5 Å². The highest BCUT2D eigenvalue weighted by Crippen LogP contribution is 2.36. The van der Waals surface area contributed by atoms with Crippen LogP contribution in [0.15, 0.2) is 24.3 Å². The van der Waals surface area contributed by atoms with Crippen LogP contribution in [-0.4, -0.2) is 45.2 Å². The second kappa shape index (κ2) is 8.24. The Balaban J connectivity index is 1.58. The Morgan fingerprint density at radius 3 is 2.79 bits per heavy atom. The van der Waals surface area contributed by atoms with Gasteiger partial charge in [-0.3, -0.25) is 4.79 Å². The monoisotopic (exact) mass is 383 g/mol. The van der Waals surface area contributed by atoms with Crippen LogP contribution in [0.4, 0.5) is 0 Å². The van der Waals surface area contributed by atoms with E-state index in [1.165, 1.54) is 32.1 Å². The number of hydrogen-bond donors (Lipinski definition) is 1. The van der Waals surface area contributed by atoms with Crippen LogP contribution in [-0.2, 0) is 11.3 Å². The molecule has 0 spiro atoms. The summed E-state index contributed by atoms with van der Waals surface area (Å²) < 4.78 is 2.17. The first-order valence-corrected chi connectivity index (χ1v) is 11.0. The molecule has 1 saturated heterocycles. The smallest absolute Gasteiger partial charge is 0.242 e. The van der Waals surface area contributed by atoms with Crippen LogP contribution in [0.3, 0.4) is 0 Å². The minimum atomic E-state index is -0.104. The molecule has 5 nitrogen and oxygen atoms in total. The summed E-state index contributed by atoms with van der Waals surface area (Å²) in [7, 11) is 0. The second-order valence-corrected chi connectivity index (χ2v) is 8.85. The molecule has 0 bridgehead atoms. The van der Waals surface area contributed by atoms with Gasteiger partial charge in [-0.1, -0.05) is 44.7 Å². The quantitative estimate of drug-likeness (QED) is 0.817. The molecule has 0 radical (unpaired) electrons. The first kappa shape index (κ1) is 19.4. The lowest BCUT2D eigenvalue weighted by Gasteiger charge is -2.27. The van der Waals surface area contributed by atoms with E-state index in [1.54, 1.807) is 0 Å². The predicted octanol–water partition coefficient (Wildman–Crippen LogP) is 4.10. The number of amides is 1. The van der Waals surface area contributed by atoms with Crippen LogP contribution < -0.4 is 0 Å². The molecular weight excluding hydrogens is 350 g/mol. The van der Waals surface area contributed by atoms with Gasteiger partial charge in [-0.05, 0) is 37.8 Å². The maximum atomic E-state index is 13.2. The molecule has 2 fully saturated rings. The van der Waals surface area contributed by atoms with Crippen LogP contribution in [0.2, 0.25) is 0 Å². The first-order valence-electron chi connectivity index (χ1n) is 11.0. The highest BCUT2D eigenvalue weighted by Gasteiger charge is 2.39. The third kappa shape index (κ3) is 3.69. The summed E-state index contributed by atoms with van der Waals surface area (Å²) >= 11 is 0. The Bertz CT molecular complexity index is 824. The van der Waals surface area contributed by atoms with E-state index >= 15 is 0 Å². The number of aliphatic hydroxyl groups is 1. The van der Waals surface area contributed by atoms with Crippen molar-refractivity contribution in [3.05, 3.63) is 30.1 Å². The van der Waals surface area contributed by atoms with E-state index in [0.29, 0.717) is 19.0 Å². The molecule has 1 aromatic carbocycles. The van der Waals surface area contributed by atoms with Crippen molar-refractivity contribution in [2.24, 2.45) is 5.41 Å². The summed E-state index contributed by atoms with van der Waals surface area (Å²) in [5.74, 6) is 1.71. The van der Waals surface area contributed by atoms with Crippen molar-refractivity contribution in [3.8, 4) is 0 Å². The third-order valence-electron chi connectivity index (χ3n) is 6.85. The van der Waals surface area contributed by atoms with Gasteiger partial charge in [0, 0.05) is 24.4 Å². The summed E-state index contributed by atoms with van der Waals surface area (Å²) in [6.45, 7) is 4.12. The van der Waals surface area contributed by atoms with E-state index in [-0.39, 0.29) is 17.9 Å². The van der Waals surface area contributed by atoms with Crippen molar-refractivity contribution in [1.29, 1.82) is 0 Å². The van der Waals surface area contributed by atoms with Gasteiger partial charge in [0.2, 0.25) is 5.91 Å². The van der Waals surface area contributed by atoms with Crippen LogP contribution in [0.1, 0.15) is 70.0 Å². The number of rotatable bonds is 6. The van der Waals surface area contributed by atoms with Crippen LogP contribution in [0.25, 0.3) is 11.0 Å². The molecule has 1 amide bonds. The molecule has 5 heteroatoms. The van der Waals surface area contributed by atoms with Gasteiger partial charge in [-0.25, -0.2) is 4.98 Å². The van der Waals surface area contributed by atoms with E-state index in [4.69, 9.17) is 4.98 Å². The Kier molecular flexibility index (Phi) is 5.72.